The number of hydrogen-bond acceptors (Lipinski definition) is 4. The predicted molar refractivity (Wildman–Crippen MR) is 112 cm³/mol. The van der Waals surface area contributed by atoms with Crippen LogP contribution in [0, 0.1) is 32.1 Å². The lowest BCUT2D eigenvalue weighted by Gasteiger charge is -2.25. The number of hydrogen-bond donors (Lipinski definition) is 0. The lowest BCUT2D eigenvalue weighted by Crippen LogP contribution is -2.48. The number of nitriles is 1. The molecule has 0 radical (unpaired) electrons. The molecule has 1 aromatic carbocycles. The predicted octanol–water partition coefficient (Wildman–Crippen LogP) is 7.50. The third kappa shape index (κ3) is 3.02. The molecule has 0 spiro atoms. The number of benzene rings is 1. The van der Waals surface area contributed by atoms with E-state index in [4.69, 9.17) is 5.26 Å². The van der Waals surface area contributed by atoms with E-state index in [-0.39, 0.29) is 21.0 Å². The maximum Gasteiger partial charge on any atom is 0.380 e. The smallest absolute Gasteiger partial charge is 0.246 e. The van der Waals surface area contributed by atoms with Crippen LogP contribution in [0.4, 0.5) is 26.3 Å². The molecule has 0 atom stereocenters. The van der Waals surface area contributed by atoms with Gasteiger partial charge >= 0.3 is 17.8 Å². The van der Waals surface area contributed by atoms with Crippen LogP contribution in [0.2, 0.25) is 0 Å². The molecular weight excluding hydrogens is 470 g/mol. The maximum absolute atomic E-state index is 15.0. The molecule has 0 fully saturated rings. The van der Waals surface area contributed by atoms with Crippen molar-refractivity contribution in [2.24, 2.45) is 0 Å². The van der Waals surface area contributed by atoms with Crippen LogP contribution in [0.1, 0.15) is 31.6 Å². The summed E-state index contributed by atoms with van der Waals surface area (Å²) in [6.07, 6.45) is 0. The molecule has 2 heterocycles. The first kappa shape index (κ1) is 22.6. The number of aromatic nitrogens is 1. The van der Waals surface area contributed by atoms with Gasteiger partial charge in [-0.2, -0.15) is 31.6 Å². The molecule has 1 aliphatic rings. The van der Waals surface area contributed by atoms with Gasteiger partial charge in [0.2, 0.25) is 0 Å². The molecule has 10 heteroatoms. The number of nitrogens with zero attached hydrogens (tertiary/aromatic N) is 2. The monoisotopic (exact) mass is 484 g/mol. The molecule has 0 bridgehead atoms. The zero-order valence-electron chi connectivity index (χ0n) is 16.9. The Labute approximate surface area is 187 Å². The van der Waals surface area contributed by atoms with Crippen molar-refractivity contribution in [2.45, 2.75) is 38.5 Å². The number of halogens is 6. The van der Waals surface area contributed by atoms with E-state index in [1.54, 1.807) is 12.1 Å². The van der Waals surface area contributed by atoms with E-state index in [0.29, 0.717) is 32.3 Å². The summed E-state index contributed by atoms with van der Waals surface area (Å²) in [5, 5.41) is 9.23. The average molecular weight is 484 g/mol. The molecule has 0 N–H and O–H groups in total. The van der Waals surface area contributed by atoms with Crippen molar-refractivity contribution in [3.05, 3.63) is 61.9 Å². The van der Waals surface area contributed by atoms with E-state index in [9.17, 15) is 26.3 Å². The SMILES string of the molecule is Cc1nc(C)c(C2=C(c3cc(-c4ccc(C#N)cc4)sc3C)C(F)(F)C(F)(F)C2(F)F)s1. The molecular formula is C22H14F6N2S2. The van der Waals surface area contributed by atoms with Gasteiger partial charge < -0.3 is 0 Å². The summed E-state index contributed by atoms with van der Waals surface area (Å²) in [7, 11) is 0. The largest absolute Gasteiger partial charge is 0.380 e. The molecule has 0 aliphatic heterocycles. The third-order valence-corrected chi connectivity index (χ3v) is 7.47. The number of aryl methyl sites for hydroxylation is 3. The van der Waals surface area contributed by atoms with Crippen LogP contribution in [0.5, 0.6) is 0 Å². The molecule has 1 aliphatic carbocycles. The van der Waals surface area contributed by atoms with Crippen molar-refractivity contribution in [3.8, 4) is 16.5 Å². The van der Waals surface area contributed by atoms with Gasteiger partial charge in [-0.15, -0.1) is 22.7 Å². The average Bonchev–Trinajstić information content (AvgIpc) is 3.28. The molecule has 0 amide bonds. The Bertz CT molecular complexity index is 1290. The summed E-state index contributed by atoms with van der Waals surface area (Å²) in [5.41, 5.74) is -2.17. The highest BCUT2D eigenvalue weighted by atomic mass is 32.1. The van der Waals surface area contributed by atoms with Crippen molar-refractivity contribution in [1.82, 2.24) is 4.98 Å². The Kier molecular flexibility index (Phi) is 5.06. The van der Waals surface area contributed by atoms with Crippen LogP contribution in [-0.4, -0.2) is 22.8 Å². The maximum atomic E-state index is 15.0. The summed E-state index contributed by atoms with van der Waals surface area (Å²) < 4.78 is 88.7. The Morgan fingerprint density at radius 3 is 2.00 bits per heavy atom. The standard InChI is InChI=1S/C22H14F6N2S2/c1-10-19(32-12(3)30-10)18-17(20(23,24)22(27,28)21(18,25)26)15-8-16(31-11(15)2)14-6-4-13(9-29)5-7-14/h4-8H,1-3H3. The van der Waals surface area contributed by atoms with E-state index >= 15 is 0 Å². The number of alkyl halides is 6. The fraction of sp³-hybridized carbons (Fsp3) is 0.273. The van der Waals surface area contributed by atoms with Crippen molar-refractivity contribution in [2.75, 3.05) is 0 Å². The van der Waals surface area contributed by atoms with Gasteiger partial charge in [-0.3, -0.25) is 0 Å². The Morgan fingerprint density at radius 1 is 0.875 bits per heavy atom. The lowest BCUT2D eigenvalue weighted by atomic mass is 9.97. The van der Waals surface area contributed by atoms with Gasteiger partial charge in [0.05, 0.1) is 32.8 Å². The Morgan fingerprint density at radius 2 is 1.47 bits per heavy atom. The van der Waals surface area contributed by atoms with E-state index in [2.05, 4.69) is 4.98 Å². The van der Waals surface area contributed by atoms with Crippen LogP contribution >= 0.6 is 22.7 Å². The number of thiophene rings is 1. The first-order valence-corrected chi connectivity index (χ1v) is 10.9. The molecule has 166 valence electrons. The van der Waals surface area contributed by atoms with Gasteiger partial charge in [-0.25, -0.2) is 4.98 Å². The first-order valence-electron chi connectivity index (χ1n) is 9.27. The second kappa shape index (κ2) is 7.18. The van der Waals surface area contributed by atoms with Gasteiger partial charge in [0, 0.05) is 15.3 Å². The van der Waals surface area contributed by atoms with E-state index in [1.165, 1.54) is 39.0 Å². The molecule has 0 saturated heterocycles. The normalized spacial score (nSPS) is 18.8. The number of allylic oxidation sites excluding steroid dienone is 2. The highest BCUT2D eigenvalue weighted by Gasteiger charge is 2.80. The van der Waals surface area contributed by atoms with Crippen LogP contribution in [-0.2, 0) is 0 Å². The van der Waals surface area contributed by atoms with Crippen LogP contribution < -0.4 is 0 Å². The lowest BCUT2D eigenvalue weighted by molar-refractivity contribution is -0.254. The van der Waals surface area contributed by atoms with Crippen molar-refractivity contribution >= 4 is 33.8 Å². The molecule has 3 aromatic rings. The van der Waals surface area contributed by atoms with Crippen molar-refractivity contribution < 1.29 is 26.3 Å². The minimum atomic E-state index is -5.60. The topological polar surface area (TPSA) is 36.7 Å². The summed E-state index contributed by atoms with van der Waals surface area (Å²) >= 11 is 1.71. The van der Waals surface area contributed by atoms with Gasteiger partial charge in [-0.05, 0) is 50.1 Å². The van der Waals surface area contributed by atoms with Crippen molar-refractivity contribution in [1.29, 1.82) is 5.26 Å². The van der Waals surface area contributed by atoms with E-state index < -0.39 is 28.9 Å². The molecule has 2 nitrogen and oxygen atoms in total. The van der Waals surface area contributed by atoms with E-state index in [1.807, 2.05) is 6.07 Å². The number of thiazole rings is 1. The first-order chi connectivity index (χ1) is 14.8. The summed E-state index contributed by atoms with van der Waals surface area (Å²) in [6, 6.07) is 9.37. The minimum Gasteiger partial charge on any atom is -0.246 e. The Hall–Kier alpha value is -2.64. The van der Waals surface area contributed by atoms with Crippen LogP contribution in [0.15, 0.2) is 30.3 Å². The molecule has 0 saturated carbocycles. The fourth-order valence-electron chi connectivity index (χ4n) is 3.73. The summed E-state index contributed by atoms with van der Waals surface area (Å²) in [5.74, 6) is -15.8. The zero-order valence-corrected chi connectivity index (χ0v) is 18.5. The highest BCUT2D eigenvalue weighted by Crippen LogP contribution is 2.66. The third-order valence-electron chi connectivity index (χ3n) is 5.28. The molecule has 32 heavy (non-hydrogen) atoms. The summed E-state index contributed by atoms with van der Waals surface area (Å²) in [6.45, 7) is 4.24. The van der Waals surface area contributed by atoms with Crippen LogP contribution in [0.25, 0.3) is 21.6 Å². The Balaban J connectivity index is 2.00. The second-order valence-corrected chi connectivity index (χ2v) is 9.85. The molecule has 2 aromatic heterocycles. The van der Waals surface area contributed by atoms with Gasteiger partial charge in [0.25, 0.3) is 0 Å². The minimum absolute atomic E-state index is 0.00614. The van der Waals surface area contributed by atoms with Crippen molar-refractivity contribution in [3.63, 3.8) is 0 Å². The van der Waals surface area contributed by atoms with Crippen LogP contribution in [0.3, 0.4) is 0 Å². The quantitative estimate of drug-likeness (QED) is 0.361. The molecule has 4 rings (SSSR count). The highest BCUT2D eigenvalue weighted by molar-refractivity contribution is 7.15. The van der Waals surface area contributed by atoms with Gasteiger partial charge in [0.15, 0.2) is 0 Å². The summed E-state index contributed by atoms with van der Waals surface area (Å²) in [4.78, 5) is 4.23. The zero-order chi connectivity index (χ0) is 23.6. The van der Waals surface area contributed by atoms with Gasteiger partial charge in [0.1, 0.15) is 0 Å². The van der Waals surface area contributed by atoms with Gasteiger partial charge in [-0.1, -0.05) is 12.1 Å². The fourth-order valence-corrected chi connectivity index (χ4v) is 5.77. The molecule has 0 unspecified atom stereocenters. The number of rotatable bonds is 3. The second-order valence-electron chi connectivity index (χ2n) is 7.39. The van der Waals surface area contributed by atoms with E-state index in [0.717, 1.165) is 11.3 Å².